The lowest BCUT2D eigenvalue weighted by molar-refractivity contribution is 0.0526. The number of aromatic amines is 1. The Hall–Kier alpha value is -3.61. The minimum atomic E-state index is -0.343. The second kappa shape index (κ2) is 7.19. The van der Waals surface area contributed by atoms with E-state index in [0.29, 0.717) is 23.6 Å². The minimum absolute atomic E-state index is 0.337. The van der Waals surface area contributed by atoms with Crippen LogP contribution in [0.4, 0.5) is 17.2 Å². The monoisotopic (exact) mass is 375 g/mol. The highest BCUT2D eigenvalue weighted by Gasteiger charge is 2.14. The Balaban J connectivity index is 1.78. The van der Waals surface area contributed by atoms with Crippen molar-refractivity contribution in [1.29, 1.82) is 0 Å². The van der Waals surface area contributed by atoms with E-state index in [4.69, 9.17) is 4.74 Å². The smallest absolute Gasteiger partial charge is 0.338 e. The van der Waals surface area contributed by atoms with Gasteiger partial charge in [0.2, 0.25) is 0 Å². The van der Waals surface area contributed by atoms with Crippen molar-refractivity contribution in [2.45, 2.75) is 6.92 Å². The van der Waals surface area contributed by atoms with E-state index in [1.54, 1.807) is 13.0 Å². The predicted molar refractivity (Wildman–Crippen MR) is 111 cm³/mol. The van der Waals surface area contributed by atoms with Crippen LogP contribution in [-0.2, 0) is 4.74 Å². The van der Waals surface area contributed by atoms with E-state index in [9.17, 15) is 4.79 Å². The number of nitrogens with zero attached hydrogens (tertiary/aromatic N) is 3. The normalized spacial score (nSPS) is 11.0. The fourth-order valence-corrected chi connectivity index (χ4v) is 3.14. The maximum Gasteiger partial charge on any atom is 0.338 e. The summed E-state index contributed by atoms with van der Waals surface area (Å²) in [4.78, 5) is 26.2. The number of esters is 1. The second-order valence-corrected chi connectivity index (χ2v) is 6.62. The van der Waals surface area contributed by atoms with Gasteiger partial charge in [-0.1, -0.05) is 0 Å². The number of nitrogens with one attached hydrogen (secondary N) is 2. The lowest BCUT2D eigenvalue weighted by Crippen LogP contribution is -2.08. The van der Waals surface area contributed by atoms with Gasteiger partial charge in [-0.25, -0.2) is 14.8 Å². The highest BCUT2D eigenvalue weighted by molar-refractivity contribution is 6.13. The molecule has 0 bridgehead atoms. The lowest BCUT2D eigenvalue weighted by Gasteiger charge is -2.13. The van der Waals surface area contributed by atoms with Crippen LogP contribution in [0.2, 0.25) is 0 Å². The van der Waals surface area contributed by atoms with E-state index >= 15 is 0 Å². The number of anilines is 3. The molecular formula is C21H21N5O2. The molecule has 0 radical (unpaired) electrons. The van der Waals surface area contributed by atoms with Gasteiger partial charge in [0.25, 0.3) is 0 Å². The van der Waals surface area contributed by atoms with Crippen molar-refractivity contribution >= 4 is 45.1 Å². The van der Waals surface area contributed by atoms with Crippen LogP contribution in [0.1, 0.15) is 17.3 Å². The van der Waals surface area contributed by atoms with Gasteiger partial charge in [-0.05, 0) is 49.4 Å². The topological polar surface area (TPSA) is 83.1 Å². The average molecular weight is 375 g/mol. The lowest BCUT2D eigenvalue weighted by atomic mass is 10.1. The molecule has 2 N–H and O–H groups in total. The zero-order valence-electron chi connectivity index (χ0n) is 16.0. The molecule has 0 saturated heterocycles. The van der Waals surface area contributed by atoms with E-state index in [1.165, 1.54) is 6.33 Å². The summed E-state index contributed by atoms with van der Waals surface area (Å²) in [5.74, 6) is 0.333. The van der Waals surface area contributed by atoms with Crippen molar-refractivity contribution in [1.82, 2.24) is 15.0 Å². The van der Waals surface area contributed by atoms with Gasteiger partial charge in [-0.3, -0.25) is 0 Å². The van der Waals surface area contributed by atoms with Crippen molar-refractivity contribution in [3.8, 4) is 0 Å². The third-order valence-electron chi connectivity index (χ3n) is 4.55. The van der Waals surface area contributed by atoms with Crippen molar-refractivity contribution < 1.29 is 9.53 Å². The third-order valence-corrected chi connectivity index (χ3v) is 4.55. The first-order chi connectivity index (χ1) is 13.6. The Kier molecular flexibility index (Phi) is 4.57. The van der Waals surface area contributed by atoms with E-state index in [0.717, 1.165) is 27.7 Å². The summed E-state index contributed by atoms with van der Waals surface area (Å²) in [5.41, 5.74) is 4.12. The molecule has 4 rings (SSSR count). The van der Waals surface area contributed by atoms with Crippen LogP contribution >= 0.6 is 0 Å². The van der Waals surface area contributed by atoms with Crippen molar-refractivity contribution in [3.05, 3.63) is 54.4 Å². The number of carbonyl (C=O) groups excluding carboxylic acids is 1. The molecule has 0 atom stereocenters. The fourth-order valence-electron chi connectivity index (χ4n) is 3.14. The summed E-state index contributed by atoms with van der Waals surface area (Å²) in [6.45, 7) is 2.13. The summed E-state index contributed by atoms with van der Waals surface area (Å²) < 4.78 is 5.12. The molecule has 0 unspecified atom stereocenters. The number of fused-ring (bicyclic) bond motifs is 3. The van der Waals surface area contributed by atoms with Gasteiger partial charge >= 0.3 is 5.97 Å². The van der Waals surface area contributed by atoms with E-state index < -0.39 is 0 Å². The van der Waals surface area contributed by atoms with Crippen LogP contribution in [0.15, 0.2) is 48.8 Å². The molecule has 7 nitrogen and oxygen atoms in total. The van der Waals surface area contributed by atoms with Gasteiger partial charge in [0.1, 0.15) is 17.8 Å². The minimum Gasteiger partial charge on any atom is -0.462 e. The summed E-state index contributed by atoms with van der Waals surface area (Å²) >= 11 is 0. The van der Waals surface area contributed by atoms with Crippen LogP contribution in [-0.4, -0.2) is 41.6 Å². The summed E-state index contributed by atoms with van der Waals surface area (Å²) in [5, 5.41) is 5.06. The Morgan fingerprint density at radius 1 is 1.14 bits per heavy atom. The van der Waals surface area contributed by atoms with Crippen LogP contribution < -0.4 is 10.2 Å². The molecule has 2 aromatic carbocycles. The van der Waals surface area contributed by atoms with Gasteiger partial charge < -0.3 is 19.9 Å². The number of ether oxygens (including phenoxy) is 1. The quantitative estimate of drug-likeness (QED) is 0.511. The van der Waals surface area contributed by atoms with Gasteiger partial charge in [0, 0.05) is 36.4 Å². The number of hydrogen-bond donors (Lipinski definition) is 2. The number of aromatic nitrogens is 3. The van der Waals surface area contributed by atoms with Gasteiger partial charge in [-0.2, -0.15) is 0 Å². The predicted octanol–water partition coefficient (Wildman–Crippen LogP) is 4.10. The van der Waals surface area contributed by atoms with Crippen molar-refractivity contribution in [3.63, 3.8) is 0 Å². The zero-order chi connectivity index (χ0) is 19.7. The second-order valence-electron chi connectivity index (χ2n) is 6.62. The van der Waals surface area contributed by atoms with Crippen LogP contribution in [0.3, 0.4) is 0 Å². The van der Waals surface area contributed by atoms with Crippen LogP contribution in [0.5, 0.6) is 0 Å². The molecule has 142 valence electrons. The maximum atomic E-state index is 12.1. The molecule has 0 aliphatic rings. The molecule has 0 aliphatic carbocycles. The molecule has 2 aromatic heterocycles. The standard InChI is InChI=1S/C21H21N5O2/c1-4-28-21(27)13-5-10-17-16(11-13)18-19(22-12-23-20(18)25-17)24-14-6-8-15(9-7-14)26(2)3/h5-12H,4H2,1-3H3,(H2,22,23,24,25). The Morgan fingerprint density at radius 2 is 1.93 bits per heavy atom. The van der Waals surface area contributed by atoms with E-state index in [-0.39, 0.29) is 5.97 Å². The van der Waals surface area contributed by atoms with Gasteiger partial charge in [0.15, 0.2) is 0 Å². The number of benzene rings is 2. The molecule has 0 amide bonds. The molecule has 0 aliphatic heterocycles. The van der Waals surface area contributed by atoms with E-state index in [2.05, 4.69) is 20.3 Å². The van der Waals surface area contributed by atoms with E-state index in [1.807, 2.05) is 55.4 Å². The number of H-pyrrole nitrogens is 1. The largest absolute Gasteiger partial charge is 0.462 e. The first-order valence-corrected chi connectivity index (χ1v) is 9.05. The highest BCUT2D eigenvalue weighted by Crippen LogP contribution is 2.31. The summed E-state index contributed by atoms with van der Waals surface area (Å²) in [6, 6.07) is 13.5. The summed E-state index contributed by atoms with van der Waals surface area (Å²) in [6.07, 6.45) is 1.51. The van der Waals surface area contributed by atoms with Crippen molar-refractivity contribution in [2.75, 3.05) is 30.9 Å². The average Bonchev–Trinajstić information content (AvgIpc) is 3.07. The molecule has 4 aromatic rings. The Bertz CT molecular complexity index is 1150. The molecule has 28 heavy (non-hydrogen) atoms. The Labute approximate surface area is 162 Å². The summed E-state index contributed by atoms with van der Waals surface area (Å²) in [7, 11) is 4.01. The first kappa shape index (κ1) is 17.8. The highest BCUT2D eigenvalue weighted by atomic mass is 16.5. The number of rotatable bonds is 5. The third kappa shape index (κ3) is 3.22. The zero-order valence-corrected chi connectivity index (χ0v) is 16.0. The maximum absolute atomic E-state index is 12.1. The first-order valence-electron chi connectivity index (χ1n) is 9.05. The van der Waals surface area contributed by atoms with Gasteiger partial charge in [-0.15, -0.1) is 0 Å². The molecule has 2 heterocycles. The number of hydrogen-bond acceptors (Lipinski definition) is 6. The fraction of sp³-hybridized carbons (Fsp3) is 0.190. The van der Waals surface area contributed by atoms with Gasteiger partial charge in [0.05, 0.1) is 17.6 Å². The van der Waals surface area contributed by atoms with Crippen LogP contribution in [0, 0.1) is 0 Å². The van der Waals surface area contributed by atoms with Crippen molar-refractivity contribution in [2.24, 2.45) is 0 Å². The molecule has 0 saturated carbocycles. The molecule has 0 spiro atoms. The molecule has 0 fully saturated rings. The molecular weight excluding hydrogens is 354 g/mol. The SMILES string of the molecule is CCOC(=O)c1ccc2[nH]c3ncnc(Nc4ccc(N(C)C)cc4)c3c2c1. The number of carbonyl (C=O) groups is 1. The van der Waals surface area contributed by atoms with Crippen LogP contribution in [0.25, 0.3) is 21.9 Å². The molecule has 7 heteroatoms. The Morgan fingerprint density at radius 3 is 2.64 bits per heavy atom.